The number of benzene rings is 2. The van der Waals surface area contributed by atoms with E-state index in [9.17, 15) is 19.5 Å². The zero-order valence-electron chi connectivity index (χ0n) is 19.5. The molecule has 0 saturated carbocycles. The first-order valence-electron chi connectivity index (χ1n) is 11.8. The Morgan fingerprint density at radius 3 is 2.68 bits per heavy atom. The Balaban J connectivity index is 1.55. The summed E-state index contributed by atoms with van der Waals surface area (Å²) in [6.45, 7) is 3.51. The van der Waals surface area contributed by atoms with E-state index < -0.39 is 24.8 Å². The van der Waals surface area contributed by atoms with Crippen molar-refractivity contribution in [3.8, 4) is 0 Å². The van der Waals surface area contributed by atoms with Crippen molar-refractivity contribution in [2.75, 3.05) is 18.1 Å². The highest BCUT2D eigenvalue weighted by atomic mass is 16.5. The molecule has 0 aliphatic heterocycles. The summed E-state index contributed by atoms with van der Waals surface area (Å²) in [4.78, 5) is 38.2. The molecular weight excluding hydrogens is 432 g/mol. The van der Waals surface area contributed by atoms with Crippen LogP contribution < -0.4 is 10.2 Å². The zero-order valence-corrected chi connectivity index (χ0v) is 19.5. The lowest BCUT2D eigenvalue weighted by atomic mass is 9.98. The van der Waals surface area contributed by atoms with Crippen molar-refractivity contribution in [1.29, 1.82) is 0 Å². The molecule has 0 bridgehead atoms. The SMILES string of the molecule is CCOC(N[C@@H](C)C(=O)N(CC(=O)O)c1ccc2c(c1)CCC2)C1Cc2ccccc2C1=C=O. The number of carboxylic acid groups (broad SMARTS) is 1. The minimum atomic E-state index is -1.08. The van der Waals surface area contributed by atoms with Gasteiger partial charge in [0.1, 0.15) is 18.7 Å². The van der Waals surface area contributed by atoms with Gasteiger partial charge in [0.05, 0.1) is 11.6 Å². The van der Waals surface area contributed by atoms with E-state index in [2.05, 4.69) is 11.3 Å². The van der Waals surface area contributed by atoms with Crippen LogP contribution in [0.3, 0.4) is 0 Å². The van der Waals surface area contributed by atoms with Gasteiger partial charge in [-0.2, -0.15) is 0 Å². The quantitative estimate of drug-likeness (QED) is 0.439. The molecule has 7 nitrogen and oxygen atoms in total. The number of ether oxygens (including phenoxy) is 1. The van der Waals surface area contributed by atoms with Crippen molar-refractivity contribution in [2.45, 2.75) is 51.8 Å². The summed E-state index contributed by atoms with van der Waals surface area (Å²) in [5.41, 5.74) is 5.43. The molecule has 3 atom stereocenters. The Kier molecular flexibility index (Phi) is 7.27. The minimum Gasteiger partial charge on any atom is -0.480 e. The van der Waals surface area contributed by atoms with Crippen LogP contribution in [0, 0.1) is 5.92 Å². The highest BCUT2D eigenvalue weighted by Crippen LogP contribution is 2.37. The first kappa shape index (κ1) is 23.9. The Morgan fingerprint density at radius 2 is 1.94 bits per heavy atom. The molecule has 2 aromatic rings. The predicted molar refractivity (Wildman–Crippen MR) is 129 cm³/mol. The average molecular weight is 463 g/mol. The maximum atomic E-state index is 13.5. The largest absolute Gasteiger partial charge is 0.480 e. The smallest absolute Gasteiger partial charge is 0.323 e. The molecule has 0 saturated heterocycles. The topological polar surface area (TPSA) is 95.9 Å². The standard InChI is InChI=1S/C27H30N2O5/c1-3-34-26(23-14-20-7-4-5-10-22(20)24(23)16-30)28-17(2)27(33)29(15-25(31)32)21-12-11-18-8-6-9-19(18)13-21/h4-5,7,10-13,17,23,26,28H,3,6,8-9,14-15H2,1-2H3,(H,31,32)/t17-,23?,26?/m0/s1. The van der Waals surface area contributed by atoms with Crippen molar-refractivity contribution < 1.29 is 24.2 Å². The monoisotopic (exact) mass is 462 g/mol. The van der Waals surface area contributed by atoms with Crippen LogP contribution in [0.4, 0.5) is 5.69 Å². The second-order valence-corrected chi connectivity index (χ2v) is 8.87. The maximum Gasteiger partial charge on any atom is 0.323 e. The average Bonchev–Trinajstić information content (AvgIpc) is 3.45. The van der Waals surface area contributed by atoms with Crippen molar-refractivity contribution in [3.63, 3.8) is 0 Å². The van der Waals surface area contributed by atoms with Gasteiger partial charge in [-0.15, -0.1) is 0 Å². The lowest BCUT2D eigenvalue weighted by Crippen LogP contribution is -2.52. The van der Waals surface area contributed by atoms with Gasteiger partial charge in [-0.3, -0.25) is 19.8 Å². The number of rotatable bonds is 9. The summed E-state index contributed by atoms with van der Waals surface area (Å²) >= 11 is 0. The van der Waals surface area contributed by atoms with E-state index in [0.29, 0.717) is 24.3 Å². The molecule has 0 aromatic heterocycles. The number of carbonyl (C=O) groups excluding carboxylic acids is 2. The second-order valence-electron chi connectivity index (χ2n) is 8.87. The van der Waals surface area contributed by atoms with Crippen LogP contribution in [0.25, 0.3) is 5.57 Å². The molecular formula is C27H30N2O5. The van der Waals surface area contributed by atoms with Crippen LogP contribution in [-0.4, -0.2) is 48.3 Å². The molecule has 2 N–H and O–H groups in total. The van der Waals surface area contributed by atoms with Gasteiger partial charge in [0.25, 0.3) is 0 Å². The van der Waals surface area contributed by atoms with Gasteiger partial charge in [0, 0.05) is 18.2 Å². The number of fused-ring (bicyclic) bond motifs is 2. The predicted octanol–water partition coefficient (Wildman–Crippen LogP) is 3.02. The fourth-order valence-corrected chi connectivity index (χ4v) is 5.06. The lowest BCUT2D eigenvalue weighted by Gasteiger charge is -2.30. The number of carbonyl (C=O) groups is 2. The van der Waals surface area contributed by atoms with Crippen LogP contribution >= 0.6 is 0 Å². The first-order chi connectivity index (χ1) is 16.4. The van der Waals surface area contributed by atoms with Crippen molar-refractivity contribution in [1.82, 2.24) is 5.32 Å². The molecule has 1 amide bonds. The molecule has 2 aromatic carbocycles. The number of hydrogen-bond donors (Lipinski definition) is 2. The number of aliphatic carboxylic acids is 1. The fourth-order valence-electron chi connectivity index (χ4n) is 5.06. The van der Waals surface area contributed by atoms with E-state index in [0.717, 1.165) is 36.0 Å². The van der Waals surface area contributed by atoms with Crippen molar-refractivity contribution >= 4 is 29.1 Å². The number of nitrogens with one attached hydrogen (secondary N) is 1. The number of amides is 1. The minimum absolute atomic E-state index is 0.294. The summed E-state index contributed by atoms with van der Waals surface area (Å²) < 4.78 is 5.94. The molecule has 0 spiro atoms. The highest BCUT2D eigenvalue weighted by Gasteiger charge is 2.37. The second kappa shape index (κ2) is 10.3. The number of nitrogens with zero attached hydrogens (tertiary/aromatic N) is 1. The van der Waals surface area contributed by atoms with Gasteiger partial charge in [0.15, 0.2) is 0 Å². The van der Waals surface area contributed by atoms with Crippen molar-refractivity contribution in [2.24, 2.45) is 5.92 Å². The molecule has 34 heavy (non-hydrogen) atoms. The van der Waals surface area contributed by atoms with E-state index in [1.54, 1.807) is 6.92 Å². The number of carboxylic acids is 1. The molecule has 2 aliphatic rings. The van der Waals surface area contributed by atoms with Gasteiger partial charge >= 0.3 is 5.97 Å². The third-order valence-corrected chi connectivity index (χ3v) is 6.68. The third kappa shape index (κ3) is 4.82. The highest BCUT2D eigenvalue weighted by molar-refractivity contribution is 6.00. The van der Waals surface area contributed by atoms with E-state index in [1.165, 1.54) is 10.5 Å². The Morgan fingerprint density at radius 1 is 1.18 bits per heavy atom. The van der Waals surface area contributed by atoms with Crippen LogP contribution in [0.5, 0.6) is 0 Å². The van der Waals surface area contributed by atoms with Gasteiger partial charge in [0.2, 0.25) is 5.91 Å². The number of anilines is 1. The van der Waals surface area contributed by atoms with E-state index in [4.69, 9.17) is 4.74 Å². The molecule has 0 heterocycles. The maximum absolute atomic E-state index is 13.5. The third-order valence-electron chi connectivity index (χ3n) is 6.68. The van der Waals surface area contributed by atoms with E-state index >= 15 is 0 Å². The summed E-state index contributed by atoms with van der Waals surface area (Å²) in [6, 6.07) is 12.7. The molecule has 7 heteroatoms. The summed E-state index contributed by atoms with van der Waals surface area (Å²) in [6.07, 6.45) is 3.01. The number of aryl methyl sites for hydroxylation is 2. The van der Waals surface area contributed by atoms with Gasteiger partial charge in [-0.05, 0) is 73.9 Å². The zero-order chi connectivity index (χ0) is 24.2. The Labute approximate surface area is 199 Å². The van der Waals surface area contributed by atoms with Crippen molar-refractivity contribution in [3.05, 3.63) is 64.7 Å². The summed E-state index contributed by atoms with van der Waals surface area (Å²) in [5, 5.41) is 12.7. The Bertz CT molecular complexity index is 1140. The first-order valence-corrected chi connectivity index (χ1v) is 11.8. The molecule has 178 valence electrons. The molecule has 0 fully saturated rings. The van der Waals surface area contributed by atoms with Gasteiger partial charge in [-0.1, -0.05) is 30.3 Å². The van der Waals surface area contributed by atoms with E-state index in [-0.39, 0.29) is 11.8 Å². The van der Waals surface area contributed by atoms with Gasteiger partial charge < -0.3 is 9.84 Å². The summed E-state index contributed by atoms with van der Waals surface area (Å²) in [5.74, 6) is 0.343. The van der Waals surface area contributed by atoms with Crippen LogP contribution in [0.2, 0.25) is 0 Å². The molecule has 2 unspecified atom stereocenters. The van der Waals surface area contributed by atoms with E-state index in [1.807, 2.05) is 49.4 Å². The fraction of sp³-hybridized carbons (Fsp3) is 0.407. The normalized spacial score (nSPS) is 18.1. The molecule has 0 radical (unpaired) electrons. The Hall–Kier alpha value is -3.25. The summed E-state index contributed by atoms with van der Waals surface area (Å²) in [7, 11) is 0. The number of hydrogen-bond acceptors (Lipinski definition) is 5. The van der Waals surface area contributed by atoms with Crippen LogP contribution in [0.1, 0.15) is 42.5 Å². The van der Waals surface area contributed by atoms with Crippen LogP contribution in [-0.2, 0) is 38.4 Å². The molecule has 2 aliphatic carbocycles. The van der Waals surface area contributed by atoms with Gasteiger partial charge in [-0.25, -0.2) is 4.79 Å². The van der Waals surface area contributed by atoms with Crippen LogP contribution in [0.15, 0.2) is 42.5 Å². The molecule has 4 rings (SSSR count). The lowest BCUT2D eigenvalue weighted by molar-refractivity contribution is -0.137.